The van der Waals surface area contributed by atoms with E-state index in [2.05, 4.69) is 21.7 Å². The Labute approximate surface area is 140 Å². The van der Waals surface area contributed by atoms with E-state index in [1.54, 1.807) is 23.5 Å². The third kappa shape index (κ3) is 3.31. The van der Waals surface area contributed by atoms with Gasteiger partial charge in [-0.15, -0.1) is 11.3 Å². The first kappa shape index (κ1) is 16.1. The minimum atomic E-state index is -0.458. The number of nitrogens with one attached hydrogen (secondary N) is 1. The molecular formula is C18H21FN2OS. The number of rotatable bonds is 6. The zero-order valence-corrected chi connectivity index (χ0v) is 14.2. The van der Waals surface area contributed by atoms with E-state index in [0.717, 1.165) is 18.4 Å². The molecule has 1 aromatic carbocycles. The summed E-state index contributed by atoms with van der Waals surface area (Å²) >= 11 is 1.70. The fourth-order valence-corrected chi connectivity index (χ4v) is 3.84. The van der Waals surface area contributed by atoms with E-state index in [1.807, 2.05) is 20.2 Å². The first-order chi connectivity index (χ1) is 11.0. The highest BCUT2D eigenvalue weighted by molar-refractivity contribution is 7.10. The molecule has 0 aliphatic heterocycles. The quantitative estimate of drug-likeness (QED) is 0.880. The van der Waals surface area contributed by atoms with Crippen LogP contribution >= 0.6 is 11.3 Å². The van der Waals surface area contributed by atoms with Crippen molar-refractivity contribution in [3.05, 3.63) is 58.0 Å². The second kappa shape index (κ2) is 6.42. The lowest BCUT2D eigenvalue weighted by atomic mass is 9.95. The number of benzene rings is 1. The summed E-state index contributed by atoms with van der Waals surface area (Å²) < 4.78 is 13.1. The summed E-state index contributed by atoms with van der Waals surface area (Å²) in [6, 6.07) is 10.6. The average Bonchev–Trinajstić information content (AvgIpc) is 3.17. The molecule has 2 aromatic rings. The van der Waals surface area contributed by atoms with Crippen LogP contribution in [0.5, 0.6) is 0 Å². The van der Waals surface area contributed by atoms with Crippen molar-refractivity contribution in [2.45, 2.75) is 24.3 Å². The van der Waals surface area contributed by atoms with Gasteiger partial charge in [0.1, 0.15) is 5.82 Å². The molecule has 0 spiro atoms. The Morgan fingerprint density at radius 3 is 2.52 bits per heavy atom. The van der Waals surface area contributed by atoms with Crippen LogP contribution in [0.4, 0.5) is 4.39 Å². The topological polar surface area (TPSA) is 32.3 Å². The fraction of sp³-hybridized carbons (Fsp3) is 0.389. The van der Waals surface area contributed by atoms with Crippen molar-refractivity contribution in [2.24, 2.45) is 0 Å². The van der Waals surface area contributed by atoms with Crippen LogP contribution in [0.15, 0.2) is 41.8 Å². The summed E-state index contributed by atoms with van der Waals surface area (Å²) in [6.07, 6.45) is 1.66. The lowest BCUT2D eigenvalue weighted by Gasteiger charge is -2.25. The van der Waals surface area contributed by atoms with Crippen LogP contribution < -0.4 is 5.32 Å². The standard InChI is InChI=1S/C18H21FN2OS/c1-21(2)15(16-4-3-11-23-16)12-20-17(22)18(9-10-18)13-5-7-14(19)8-6-13/h3-8,11,15H,9-10,12H2,1-2H3,(H,20,22). The highest BCUT2D eigenvalue weighted by Gasteiger charge is 2.51. The maximum absolute atomic E-state index is 13.1. The van der Waals surface area contributed by atoms with Gasteiger partial charge in [-0.05, 0) is 56.1 Å². The van der Waals surface area contributed by atoms with Crippen molar-refractivity contribution in [3.8, 4) is 0 Å². The lowest BCUT2D eigenvalue weighted by molar-refractivity contribution is -0.123. The zero-order chi connectivity index (χ0) is 16.4. The number of amides is 1. The van der Waals surface area contributed by atoms with Crippen LogP contribution in [0, 0.1) is 5.82 Å². The smallest absolute Gasteiger partial charge is 0.230 e. The number of nitrogens with zero attached hydrogens (tertiary/aromatic N) is 1. The van der Waals surface area contributed by atoms with Crippen molar-refractivity contribution in [1.82, 2.24) is 10.2 Å². The van der Waals surface area contributed by atoms with Gasteiger partial charge in [0, 0.05) is 11.4 Å². The van der Waals surface area contributed by atoms with E-state index in [9.17, 15) is 9.18 Å². The molecule has 122 valence electrons. The number of hydrogen-bond donors (Lipinski definition) is 1. The van der Waals surface area contributed by atoms with Gasteiger partial charge in [-0.2, -0.15) is 0 Å². The van der Waals surface area contributed by atoms with Gasteiger partial charge in [-0.3, -0.25) is 4.79 Å². The summed E-state index contributed by atoms with van der Waals surface area (Å²) in [5.41, 5.74) is 0.453. The predicted molar refractivity (Wildman–Crippen MR) is 91.1 cm³/mol. The maximum atomic E-state index is 13.1. The molecule has 1 amide bonds. The van der Waals surface area contributed by atoms with E-state index >= 15 is 0 Å². The highest BCUT2D eigenvalue weighted by Crippen LogP contribution is 2.48. The van der Waals surface area contributed by atoms with Gasteiger partial charge < -0.3 is 10.2 Å². The van der Waals surface area contributed by atoms with E-state index < -0.39 is 5.41 Å². The SMILES string of the molecule is CN(C)C(CNC(=O)C1(c2ccc(F)cc2)CC1)c1cccs1. The Balaban J connectivity index is 1.68. The van der Waals surface area contributed by atoms with Gasteiger partial charge in [0.05, 0.1) is 11.5 Å². The van der Waals surface area contributed by atoms with Crippen molar-refractivity contribution in [2.75, 3.05) is 20.6 Å². The first-order valence-electron chi connectivity index (χ1n) is 7.77. The molecule has 1 unspecified atom stereocenters. The number of hydrogen-bond acceptors (Lipinski definition) is 3. The molecule has 5 heteroatoms. The summed E-state index contributed by atoms with van der Waals surface area (Å²) in [7, 11) is 4.03. The van der Waals surface area contributed by atoms with Gasteiger partial charge in [-0.25, -0.2) is 4.39 Å². The van der Waals surface area contributed by atoms with E-state index in [0.29, 0.717) is 6.54 Å². The molecule has 1 aliphatic carbocycles. The molecule has 0 bridgehead atoms. The fourth-order valence-electron chi connectivity index (χ4n) is 2.92. The predicted octanol–water partition coefficient (Wildman–Crippen LogP) is 3.34. The Morgan fingerprint density at radius 1 is 1.30 bits per heavy atom. The number of halogens is 1. The van der Waals surface area contributed by atoms with E-state index in [4.69, 9.17) is 0 Å². The molecule has 1 heterocycles. The number of likely N-dealkylation sites (N-methyl/N-ethyl adjacent to an activating group) is 1. The normalized spacial score (nSPS) is 17.0. The van der Waals surface area contributed by atoms with Gasteiger partial charge >= 0.3 is 0 Å². The largest absolute Gasteiger partial charge is 0.353 e. The Kier molecular flexibility index (Phi) is 4.50. The summed E-state index contributed by atoms with van der Waals surface area (Å²) in [6.45, 7) is 0.579. The van der Waals surface area contributed by atoms with E-state index in [-0.39, 0.29) is 17.8 Å². The summed E-state index contributed by atoms with van der Waals surface area (Å²) in [5.74, 6) is -0.220. The Bertz CT molecular complexity index is 663. The van der Waals surface area contributed by atoms with Crippen molar-refractivity contribution < 1.29 is 9.18 Å². The minimum Gasteiger partial charge on any atom is -0.353 e. The van der Waals surface area contributed by atoms with Gasteiger partial charge in [0.2, 0.25) is 5.91 Å². The monoisotopic (exact) mass is 332 g/mol. The van der Waals surface area contributed by atoms with Gasteiger partial charge in [-0.1, -0.05) is 18.2 Å². The molecular weight excluding hydrogens is 311 g/mol. The Hall–Kier alpha value is -1.72. The number of carbonyl (C=O) groups is 1. The molecule has 1 fully saturated rings. The van der Waals surface area contributed by atoms with Crippen LogP contribution in [-0.2, 0) is 10.2 Å². The Morgan fingerprint density at radius 2 is 2.00 bits per heavy atom. The molecule has 1 N–H and O–H groups in total. The minimum absolute atomic E-state index is 0.0486. The van der Waals surface area contributed by atoms with Crippen molar-refractivity contribution in [3.63, 3.8) is 0 Å². The molecule has 0 radical (unpaired) electrons. The lowest BCUT2D eigenvalue weighted by Crippen LogP contribution is -2.39. The summed E-state index contributed by atoms with van der Waals surface area (Å²) in [4.78, 5) is 16.0. The average molecular weight is 332 g/mol. The third-order valence-electron chi connectivity index (χ3n) is 4.53. The number of thiophene rings is 1. The van der Waals surface area contributed by atoms with Crippen LogP contribution in [0.2, 0.25) is 0 Å². The maximum Gasteiger partial charge on any atom is 0.230 e. The molecule has 3 rings (SSSR count). The second-order valence-corrected chi connectivity index (χ2v) is 7.27. The molecule has 23 heavy (non-hydrogen) atoms. The number of carbonyl (C=O) groups excluding carboxylic acids is 1. The zero-order valence-electron chi connectivity index (χ0n) is 13.4. The molecule has 1 saturated carbocycles. The van der Waals surface area contributed by atoms with Crippen LogP contribution in [0.25, 0.3) is 0 Å². The molecule has 3 nitrogen and oxygen atoms in total. The van der Waals surface area contributed by atoms with Crippen LogP contribution in [-0.4, -0.2) is 31.4 Å². The van der Waals surface area contributed by atoms with Crippen LogP contribution in [0.3, 0.4) is 0 Å². The van der Waals surface area contributed by atoms with Crippen molar-refractivity contribution in [1.29, 1.82) is 0 Å². The highest BCUT2D eigenvalue weighted by atomic mass is 32.1. The van der Waals surface area contributed by atoms with E-state index in [1.165, 1.54) is 17.0 Å². The van der Waals surface area contributed by atoms with Gasteiger partial charge in [0.15, 0.2) is 0 Å². The first-order valence-corrected chi connectivity index (χ1v) is 8.65. The molecule has 1 aliphatic rings. The van der Waals surface area contributed by atoms with Crippen molar-refractivity contribution >= 4 is 17.2 Å². The third-order valence-corrected chi connectivity index (χ3v) is 5.51. The molecule has 1 aromatic heterocycles. The summed E-state index contributed by atoms with van der Waals surface area (Å²) in [5, 5.41) is 5.15. The second-order valence-electron chi connectivity index (χ2n) is 6.29. The molecule has 0 saturated heterocycles. The molecule has 1 atom stereocenters. The van der Waals surface area contributed by atoms with Gasteiger partial charge in [0.25, 0.3) is 0 Å². The van der Waals surface area contributed by atoms with Crippen LogP contribution in [0.1, 0.15) is 29.3 Å².